The number of benzene rings is 2. The minimum absolute atomic E-state index is 0.117. The summed E-state index contributed by atoms with van der Waals surface area (Å²) in [6, 6.07) is 13.2. The van der Waals surface area contributed by atoms with E-state index in [-0.39, 0.29) is 5.91 Å². The van der Waals surface area contributed by atoms with Gasteiger partial charge in [-0.15, -0.1) is 0 Å². The van der Waals surface area contributed by atoms with E-state index in [0.29, 0.717) is 30.2 Å². The van der Waals surface area contributed by atoms with Crippen molar-refractivity contribution in [2.75, 3.05) is 25.6 Å². The van der Waals surface area contributed by atoms with E-state index in [9.17, 15) is 4.79 Å². The second-order valence-electron chi connectivity index (χ2n) is 5.41. The van der Waals surface area contributed by atoms with E-state index in [1.165, 1.54) is 11.1 Å². The minimum Gasteiger partial charge on any atom is -0.491 e. The highest BCUT2D eigenvalue weighted by atomic mass is 16.5. The Hall–Kier alpha value is -2.37. The average molecular weight is 312 g/mol. The van der Waals surface area contributed by atoms with Gasteiger partial charge in [0.05, 0.1) is 6.61 Å². The SMILES string of the molecule is COCCOc1cccc(NC(=O)c2ccc3c(c2)CNC3)c1. The lowest BCUT2D eigenvalue weighted by molar-refractivity contribution is 0.102. The summed E-state index contributed by atoms with van der Waals surface area (Å²) in [5.74, 6) is 0.590. The highest BCUT2D eigenvalue weighted by Crippen LogP contribution is 2.20. The van der Waals surface area contributed by atoms with E-state index in [2.05, 4.69) is 10.6 Å². The standard InChI is InChI=1S/C18H20N2O3/c1-22-7-8-23-17-4-2-3-16(10-17)20-18(21)13-5-6-14-11-19-12-15(14)9-13/h2-6,9-10,19H,7-8,11-12H2,1H3,(H,20,21). The van der Waals surface area contributed by atoms with Gasteiger partial charge in [0.2, 0.25) is 0 Å². The van der Waals surface area contributed by atoms with Crippen molar-refractivity contribution in [3.05, 3.63) is 59.2 Å². The summed E-state index contributed by atoms with van der Waals surface area (Å²) >= 11 is 0. The first-order valence-electron chi connectivity index (χ1n) is 7.62. The summed E-state index contributed by atoms with van der Waals surface area (Å²) in [4.78, 5) is 12.4. The molecule has 0 saturated heterocycles. The Morgan fingerprint density at radius 2 is 2.00 bits per heavy atom. The molecular formula is C18H20N2O3. The second-order valence-corrected chi connectivity index (χ2v) is 5.41. The number of amides is 1. The topological polar surface area (TPSA) is 59.6 Å². The van der Waals surface area contributed by atoms with Crippen molar-refractivity contribution in [2.24, 2.45) is 0 Å². The Morgan fingerprint density at radius 3 is 2.87 bits per heavy atom. The molecule has 1 amide bonds. The highest BCUT2D eigenvalue weighted by molar-refractivity contribution is 6.04. The van der Waals surface area contributed by atoms with Gasteiger partial charge in [0.15, 0.2) is 0 Å². The molecule has 23 heavy (non-hydrogen) atoms. The molecule has 2 N–H and O–H groups in total. The molecule has 1 aliphatic heterocycles. The fourth-order valence-corrected chi connectivity index (χ4v) is 2.55. The number of hydrogen-bond donors (Lipinski definition) is 2. The van der Waals surface area contributed by atoms with Crippen LogP contribution in [0.2, 0.25) is 0 Å². The third kappa shape index (κ3) is 3.88. The van der Waals surface area contributed by atoms with Gasteiger partial charge >= 0.3 is 0 Å². The van der Waals surface area contributed by atoms with Gasteiger partial charge in [0.1, 0.15) is 12.4 Å². The molecule has 5 heteroatoms. The molecule has 0 radical (unpaired) electrons. The largest absolute Gasteiger partial charge is 0.491 e. The van der Waals surface area contributed by atoms with Crippen molar-refractivity contribution in [1.29, 1.82) is 0 Å². The van der Waals surface area contributed by atoms with E-state index < -0.39 is 0 Å². The van der Waals surface area contributed by atoms with Crippen LogP contribution in [0.3, 0.4) is 0 Å². The van der Waals surface area contributed by atoms with Crippen LogP contribution in [-0.4, -0.2) is 26.2 Å². The number of nitrogens with one attached hydrogen (secondary N) is 2. The van der Waals surface area contributed by atoms with Gasteiger partial charge < -0.3 is 20.1 Å². The smallest absolute Gasteiger partial charge is 0.255 e. The van der Waals surface area contributed by atoms with Gasteiger partial charge in [0.25, 0.3) is 5.91 Å². The lowest BCUT2D eigenvalue weighted by Crippen LogP contribution is -2.12. The summed E-state index contributed by atoms with van der Waals surface area (Å²) in [5, 5.41) is 6.19. The second kappa shape index (κ2) is 7.26. The zero-order chi connectivity index (χ0) is 16.1. The normalized spacial score (nSPS) is 12.7. The quantitative estimate of drug-likeness (QED) is 0.805. The molecule has 0 aromatic heterocycles. The molecule has 0 aliphatic carbocycles. The number of rotatable bonds is 6. The molecule has 0 unspecified atom stereocenters. The van der Waals surface area contributed by atoms with E-state index in [4.69, 9.17) is 9.47 Å². The number of carbonyl (C=O) groups excluding carboxylic acids is 1. The van der Waals surface area contributed by atoms with Crippen LogP contribution >= 0.6 is 0 Å². The Balaban J connectivity index is 1.66. The Kier molecular flexibility index (Phi) is 4.90. The Bertz CT molecular complexity index is 700. The molecule has 3 rings (SSSR count). The molecule has 0 atom stereocenters. The predicted octanol–water partition coefficient (Wildman–Crippen LogP) is 2.57. The van der Waals surface area contributed by atoms with Gasteiger partial charge in [-0.1, -0.05) is 12.1 Å². The number of methoxy groups -OCH3 is 1. The van der Waals surface area contributed by atoms with E-state index in [1.807, 2.05) is 42.5 Å². The van der Waals surface area contributed by atoms with E-state index >= 15 is 0 Å². The number of fused-ring (bicyclic) bond motifs is 1. The molecule has 0 saturated carbocycles. The maximum atomic E-state index is 12.4. The number of ether oxygens (including phenoxy) is 2. The molecule has 2 aromatic rings. The summed E-state index contributed by atoms with van der Waals surface area (Å²) in [6.45, 7) is 2.70. The summed E-state index contributed by atoms with van der Waals surface area (Å²) in [7, 11) is 1.63. The molecular weight excluding hydrogens is 292 g/mol. The van der Waals surface area contributed by atoms with Crippen LogP contribution in [0, 0.1) is 0 Å². The van der Waals surface area contributed by atoms with Gasteiger partial charge in [-0.2, -0.15) is 0 Å². The number of anilines is 1. The molecule has 2 aromatic carbocycles. The van der Waals surface area contributed by atoms with Crippen molar-refractivity contribution in [3.63, 3.8) is 0 Å². The van der Waals surface area contributed by atoms with E-state index in [0.717, 1.165) is 13.1 Å². The van der Waals surface area contributed by atoms with E-state index in [1.54, 1.807) is 7.11 Å². The highest BCUT2D eigenvalue weighted by Gasteiger charge is 2.13. The van der Waals surface area contributed by atoms with Crippen LogP contribution in [0.15, 0.2) is 42.5 Å². The van der Waals surface area contributed by atoms with Crippen LogP contribution in [0.25, 0.3) is 0 Å². The Morgan fingerprint density at radius 1 is 1.13 bits per heavy atom. The lowest BCUT2D eigenvalue weighted by atomic mass is 10.1. The van der Waals surface area contributed by atoms with Crippen molar-refractivity contribution < 1.29 is 14.3 Å². The van der Waals surface area contributed by atoms with Gasteiger partial charge in [-0.05, 0) is 35.4 Å². The third-order valence-corrected chi connectivity index (χ3v) is 3.75. The monoisotopic (exact) mass is 312 g/mol. The molecule has 0 fully saturated rings. The molecule has 5 nitrogen and oxygen atoms in total. The fourth-order valence-electron chi connectivity index (χ4n) is 2.55. The predicted molar refractivity (Wildman–Crippen MR) is 88.8 cm³/mol. The summed E-state index contributed by atoms with van der Waals surface area (Å²) in [6.07, 6.45) is 0. The van der Waals surface area contributed by atoms with Crippen LogP contribution in [-0.2, 0) is 17.8 Å². The molecule has 0 bridgehead atoms. The van der Waals surface area contributed by atoms with Crippen molar-refractivity contribution in [2.45, 2.75) is 13.1 Å². The third-order valence-electron chi connectivity index (χ3n) is 3.75. The number of hydrogen-bond acceptors (Lipinski definition) is 4. The average Bonchev–Trinajstić information content (AvgIpc) is 3.03. The molecule has 120 valence electrons. The van der Waals surface area contributed by atoms with Crippen molar-refractivity contribution in [1.82, 2.24) is 5.32 Å². The van der Waals surface area contributed by atoms with Crippen LogP contribution < -0.4 is 15.4 Å². The first-order valence-corrected chi connectivity index (χ1v) is 7.62. The maximum absolute atomic E-state index is 12.4. The van der Waals surface area contributed by atoms with Gasteiger partial charge in [-0.25, -0.2) is 0 Å². The van der Waals surface area contributed by atoms with Gasteiger partial charge in [-0.3, -0.25) is 4.79 Å². The minimum atomic E-state index is -0.117. The fraction of sp³-hybridized carbons (Fsp3) is 0.278. The summed E-state index contributed by atoms with van der Waals surface area (Å²) < 4.78 is 10.5. The zero-order valence-corrected chi connectivity index (χ0v) is 13.1. The van der Waals surface area contributed by atoms with Crippen molar-refractivity contribution in [3.8, 4) is 5.75 Å². The molecule has 0 spiro atoms. The Labute approximate surface area is 135 Å². The van der Waals surface area contributed by atoms with Crippen LogP contribution in [0.1, 0.15) is 21.5 Å². The van der Waals surface area contributed by atoms with Crippen LogP contribution in [0.5, 0.6) is 5.75 Å². The van der Waals surface area contributed by atoms with Crippen molar-refractivity contribution >= 4 is 11.6 Å². The lowest BCUT2D eigenvalue weighted by Gasteiger charge is -2.09. The number of carbonyl (C=O) groups is 1. The first kappa shape index (κ1) is 15.5. The molecule has 1 aliphatic rings. The maximum Gasteiger partial charge on any atom is 0.255 e. The summed E-state index contributed by atoms with van der Waals surface area (Å²) in [5.41, 5.74) is 3.83. The van der Waals surface area contributed by atoms with Crippen LogP contribution in [0.4, 0.5) is 5.69 Å². The van der Waals surface area contributed by atoms with Gasteiger partial charge in [0, 0.05) is 37.5 Å². The first-order chi connectivity index (χ1) is 11.3. The molecule has 1 heterocycles. The zero-order valence-electron chi connectivity index (χ0n) is 13.1.